The minimum Gasteiger partial charge on any atom is -0.188 e. The van der Waals surface area contributed by atoms with Gasteiger partial charge in [0.2, 0.25) is 0 Å². The molecule has 8 heavy (non-hydrogen) atoms. The molecule has 0 aliphatic rings. The first-order valence-electron chi connectivity index (χ1n) is 2.65. The summed E-state index contributed by atoms with van der Waals surface area (Å²) in [4.78, 5) is 0. The molecule has 0 aromatic carbocycles. The van der Waals surface area contributed by atoms with Crippen LogP contribution in [0.15, 0.2) is 10.2 Å². The molecule has 0 amide bonds. The molecule has 0 saturated heterocycles. The molecular weight excluding hydrogens is 100 g/mol. The van der Waals surface area contributed by atoms with Gasteiger partial charge in [-0.2, -0.15) is 10.2 Å². The molecule has 0 saturated carbocycles. The minimum atomic E-state index is -0.0526. The highest BCUT2D eigenvalue weighted by Crippen LogP contribution is 2.06. The normalized spacial score (nSPS) is 13.0. The van der Waals surface area contributed by atoms with Crippen LogP contribution in [0.2, 0.25) is 0 Å². The Bertz CT molecular complexity index is 79.0. The van der Waals surface area contributed by atoms with E-state index in [1.165, 1.54) is 0 Å². The van der Waals surface area contributed by atoms with Crippen molar-refractivity contribution >= 4 is 0 Å². The second-order valence-electron chi connectivity index (χ2n) is 2.59. The first kappa shape index (κ1) is 7.60. The summed E-state index contributed by atoms with van der Waals surface area (Å²) >= 11 is 0. The third-order valence-electron chi connectivity index (χ3n) is 0.450. The lowest BCUT2D eigenvalue weighted by Gasteiger charge is -2.07. The van der Waals surface area contributed by atoms with Gasteiger partial charge in [0.25, 0.3) is 0 Å². The number of azo groups is 1. The molecule has 0 spiro atoms. The third-order valence-corrected chi connectivity index (χ3v) is 0.450. The lowest BCUT2D eigenvalue weighted by atomic mass is 10.1. The van der Waals surface area contributed by atoms with E-state index < -0.39 is 0 Å². The number of hydrogen-bond acceptors (Lipinski definition) is 2. The topological polar surface area (TPSA) is 24.7 Å². The van der Waals surface area contributed by atoms with E-state index in [1.54, 1.807) is 6.92 Å². The Hall–Kier alpha value is -0.400. The van der Waals surface area contributed by atoms with Crippen molar-refractivity contribution in [2.45, 2.75) is 33.2 Å². The molecule has 46 valence electrons. The monoisotopic (exact) mass is 112 g/mol. The summed E-state index contributed by atoms with van der Waals surface area (Å²) in [7, 11) is 0. The molecule has 0 aromatic heterocycles. The van der Waals surface area contributed by atoms with Crippen molar-refractivity contribution in [1.82, 2.24) is 0 Å². The largest absolute Gasteiger partial charge is 0.188 e. The Morgan fingerprint density at radius 2 is 1.75 bits per heavy atom. The highest BCUT2D eigenvalue weighted by Gasteiger charge is 2.04. The summed E-state index contributed by atoms with van der Waals surface area (Å²) in [6.07, 6.45) is 0. The standard InChI is InChI=1S/C6H12N2/c1-5-7-8-6(2,3)4/h1-4H3. The van der Waals surface area contributed by atoms with E-state index in [9.17, 15) is 0 Å². The molecule has 2 heteroatoms. The first-order chi connectivity index (χ1) is 3.56. The fraction of sp³-hybridized carbons (Fsp3) is 0.833. The molecule has 0 unspecified atom stereocenters. The van der Waals surface area contributed by atoms with Gasteiger partial charge in [-0.15, -0.1) is 0 Å². The van der Waals surface area contributed by atoms with Gasteiger partial charge >= 0.3 is 0 Å². The predicted molar refractivity (Wildman–Crippen MR) is 33.5 cm³/mol. The van der Waals surface area contributed by atoms with Crippen LogP contribution in [0.3, 0.4) is 0 Å². The van der Waals surface area contributed by atoms with Gasteiger partial charge in [-0.25, -0.2) is 0 Å². The van der Waals surface area contributed by atoms with Crippen LogP contribution >= 0.6 is 0 Å². The Morgan fingerprint density at radius 3 is 1.88 bits per heavy atom. The summed E-state index contributed by atoms with van der Waals surface area (Å²) in [5.41, 5.74) is -0.0526. The average Bonchev–Trinajstić information content (AvgIpc) is 1.59. The molecular formula is C6H12N2. The van der Waals surface area contributed by atoms with Gasteiger partial charge in [0, 0.05) is 0 Å². The summed E-state index contributed by atoms with van der Waals surface area (Å²) in [5, 5.41) is 7.51. The van der Waals surface area contributed by atoms with E-state index in [-0.39, 0.29) is 5.54 Å². The van der Waals surface area contributed by atoms with E-state index in [0.29, 0.717) is 0 Å². The van der Waals surface area contributed by atoms with Crippen molar-refractivity contribution in [3.63, 3.8) is 0 Å². The number of hydrogen-bond donors (Lipinski definition) is 0. The van der Waals surface area contributed by atoms with Crippen LogP contribution in [0, 0.1) is 6.54 Å². The fourth-order valence-corrected chi connectivity index (χ4v) is 0.200. The number of nitrogens with zero attached hydrogens (tertiary/aromatic N) is 2. The molecule has 0 aliphatic heterocycles. The van der Waals surface area contributed by atoms with Crippen molar-refractivity contribution in [2.75, 3.05) is 0 Å². The zero-order valence-corrected chi connectivity index (χ0v) is 5.89. The molecule has 0 aliphatic carbocycles. The molecule has 2 nitrogen and oxygen atoms in total. The van der Waals surface area contributed by atoms with E-state index in [4.69, 9.17) is 0 Å². The number of rotatable bonds is 1. The van der Waals surface area contributed by atoms with Crippen molar-refractivity contribution < 1.29 is 0 Å². The second kappa shape index (κ2) is 2.80. The average molecular weight is 112 g/mol. The fourth-order valence-electron chi connectivity index (χ4n) is 0.200. The Kier molecular flexibility index (Phi) is 2.66. The van der Waals surface area contributed by atoms with Gasteiger partial charge in [0.05, 0.1) is 5.54 Å². The van der Waals surface area contributed by atoms with Crippen molar-refractivity contribution in [3.05, 3.63) is 6.54 Å². The van der Waals surface area contributed by atoms with Crippen molar-refractivity contribution in [3.8, 4) is 0 Å². The summed E-state index contributed by atoms with van der Waals surface area (Å²) in [5.74, 6) is 0. The third kappa shape index (κ3) is 5.60. The minimum absolute atomic E-state index is 0.0526. The van der Waals surface area contributed by atoms with E-state index in [0.717, 1.165) is 0 Å². The van der Waals surface area contributed by atoms with Crippen LogP contribution in [0.25, 0.3) is 0 Å². The molecule has 0 bridgehead atoms. The van der Waals surface area contributed by atoms with E-state index in [2.05, 4.69) is 16.8 Å². The maximum atomic E-state index is 3.89. The van der Waals surface area contributed by atoms with Crippen LogP contribution in [0.1, 0.15) is 27.7 Å². The van der Waals surface area contributed by atoms with Gasteiger partial charge in [-0.3, -0.25) is 0 Å². The highest BCUT2D eigenvalue weighted by molar-refractivity contribution is 4.67. The van der Waals surface area contributed by atoms with Gasteiger partial charge in [0.15, 0.2) is 0 Å². The molecule has 0 aromatic rings. The van der Waals surface area contributed by atoms with Crippen LogP contribution < -0.4 is 0 Å². The van der Waals surface area contributed by atoms with Crippen LogP contribution in [0.4, 0.5) is 0 Å². The second-order valence-corrected chi connectivity index (χ2v) is 2.59. The molecule has 0 rings (SSSR count). The van der Waals surface area contributed by atoms with Gasteiger partial charge in [-0.05, 0) is 27.7 Å². The molecule has 0 heterocycles. The van der Waals surface area contributed by atoms with Crippen LogP contribution in [-0.4, -0.2) is 5.54 Å². The van der Waals surface area contributed by atoms with E-state index in [1.807, 2.05) is 20.8 Å². The molecule has 0 fully saturated rings. The summed E-state index contributed by atoms with van der Waals surface area (Å²) < 4.78 is 0. The Balaban J connectivity index is 3.52. The maximum Gasteiger partial charge on any atom is 0.137 e. The lowest BCUT2D eigenvalue weighted by molar-refractivity contribution is 0.547. The van der Waals surface area contributed by atoms with Gasteiger partial charge in [-0.1, -0.05) is 0 Å². The zero-order valence-electron chi connectivity index (χ0n) is 5.89. The smallest absolute Gasteiger partial charge is 0.137 e. The molecule has 0 atom stereocenters. The zero-order chi connectivity index (χ0) is 6.62. The Morgan fingerprint density at radius 1 is 1.25 bits per heavy atom. The summed E-state index contributed by atoms with van der Waals surface area (Å²) in [6.45, 7) is 10.3. The van der Waals surface area contributed by atoms with Crippen LogP contribution in [0.5, 0.6) is 0 Å². The lowest BCUT2D eigenvalue weighted by Crippen LogP contribution is -2.07. The summed E-state index contributed by atoms with van der Waals surface area (Å²) in [6, 6.07) is 0. The van der Waals surface area contributed by atoms with Crippen LogP contribution in [-0.2, 0) is 0 Å². The first-order valence-corrected chi connectivity index (χ1v) is 2.65. The van der Waals surface area contributed by atoms with Gasteiger partial charge < -0.3 is 0 Å². The molecule has 2 radical (unpaired) electrons. The Labute approximate surface area is 51.0 Å². The van der Waals surface area contributed by atoms with E-state index >= 15 is 0 Å². The SMILES string of the molecule is C[C]N=NC(C)(C)C. The predicted octanol–water partition coefficient (Wildman–Crippen LogP) is 2.30. The van der Waals surface area contributed by atoms with Crippen molar-refractivity contribution in [2.24, 2.45) is 10.2 Å². The quantitative estimate of drug-likeness (QED) is 0.465. The van der Waals surface area contributed by atoms with Crippen molar-refractivity contribution in [1.29, 1.82) is 0 Å². The molecule has 0 N–H and O–H groups in total. The van der Waals surface area contributed by atoms with Gasteiger partial charge in [0.1, 0.15) is 6.54 Å². The highest BCUT2D eigenvalue weighted by atomic mass is 15.1. The maximum absolute atomic E-state index is 3.89.